The van der Waals surface area contributed by atoms with E-state index >= 15 is 0 Å². The molecule has 14 nitrogen and oxygen atoms in total. The van der Waals surface area contributed by atoms with Crippen LogP contribution in [0.15, 0.2) is 165 Å². The Labute approximate surface area is 351 Å². The molecule has 302 valence electrons. The Bertz CT molecular complexity index is 3040. The fourth-order valence-electron chi connectivity index (χ4n) is 6.10. The van der Waals surface area contributed by atoms with Gasteiger partial charge in [0, 0.05) is 40.6 Å². The average Bonchev–Trinajstić information content (AvgIpc) is 4.04. The van der Waals surface area contributed by atoms with Crippen LogP contribution in [0.25, 0.3) is 33.7 Å². The molecule has 0 atom stereocenters. The van der Waals surface area contributed by atoms with E-state index < -0.39 is 10.0 Å². The number of fused-ring (bicyclic) bond motifs is 1. The Balaban J connectivity index is 0.000000169. The highest BCUT2D eigenvalue weighted by Gasteiger charge is 2.15. The van der Waals surface area contributed by atoms with Gasteiger partial charge in [-0.2, -0.15) is 10.2 Å². The van der Waals surface area contributed by atoms with Crippen molar-refractivity contribution in [1.82, 2.24) is 19.9 Å². The molecule has 9 aromatic rings. The number of sulfonamides is 1. The molecule has 0 aliphatic rings. The summed E-state index contributed by atoms with van der Waals surface area (Å²) < 4.78 is 45.0. The van der Waals surface area contributed by atoms with Gasteiger partial charge in [-0.25, -0.2) is 18.4 Å². The minimum absolute atomic E-state index is 0.0977. The first-order valence-corrected chi connectivity index (χ1v) is 20.6. The molecule has 0 saturated heterocycles. The first-order chi connectivity index (χ1) is 29.7. The van der Waals surface area contributed by atoms with E-state index in [1.807, 2.05) is 105 Å². The fraction of sp³-hybridized carbons (Fsp3) is 0.0652. The average molecular weight is 828 g/mol. The minimum Gasteiger partial charge on any atom is -0.423 e. The highest BCUT2D eigenvalue weighted by molar-refractivity contribution is 7.91. The van der Waals surface area contributed by atoms with Crippen LogP contribution in [0.4, 0.5) is 40.8 Å². The summed E-state index contributed by atoms with van der Waals surface area (Å²) in [5, 5.41) is 18.5. The number of nitriles is 1. The van der Waals surface area contributed by atoms with Crippen LogP contribution in [0.1, 0.15) is 22.3 Å². The molecule has 0 radical (unpaired) electrons. The first-order valence-electron chi connectivity index (χ1n) is 18.9. The third kappa shape index (κ3) is 10.1. The summed E-state index contributed by atoms with van der Waals surface area (Å²) in [6, 6.07) is 41.8. The number of rotatable bonds is 12. The zero-order chi connectivity index (χ0) is 42.2. The number of benzene rings is 5. The quantitative estimate of drug-likeness (QED) is 0.0908. The molecule has 0 spiro atoms. The molecule has 15 heteroatoms. The molecule has 0 amide bonds. The maximum atomic E-state index is 12.5. The lowest BCUT2D eigenvalue weighted by Gasteiger charge is -2.12. The summed E-state index contributed by atoms with van der Waals surface area (Å²) in [6.07, 6.45) is 6.64. The zero-order valence-corrected chi connectivity index (χ0v) is 33.6. The highest BCUT2D eigenvalue weighted by Crippen LogP contribution is 2.31. The smallest absolute Gasteiger partial charge is 0.300 e. The molecule has 0 bridgehead atoms. The summed E-state index contributed by atoms with van der Waals surface area (Å²) >= 11 is 0. The summed E-state index contributed by atoms with van der Waals surface area (Å²) in [4.78, 5) is 17.0. The van der Waals surface area contributed by atoms with Gasteiger partial charge in [0.15, 0.2) is 17.1 Å². The fourth-order valence-corrected chi connectivity index (χ4v) is 7.29. The SMILES string of the molecule is Cc1ccc(NS(=O)(=O)Cc2ccccc2)cc1Nc1ncc(-c2ccncc2)o1.Cc1ccc(Nc2nc3ccccc3o2)cc1Nc1ncc(-c2ccc(C#N)cc2)o1. The van der Waals surface area contributed by atoms with Gasteiger partial charge in [-0.15, -0.1) is 0 Å². The molecule has 5 aromatic carbocycles. The number of pyridine rings is 1. The minimum atomic E-state index is -3.54. The van der Waals surface area contributed by atoms with Crippen LogP contribution in [-0.2, 0) is 15.8 Å². The Kier molecular flexibility index (Phi) is 11.5. The van der Waals surface area contributed by atoms with Crippen molar-refractivity contribution in [2.24, 2.45) is 0 Å². The van der Waals surface area contributed by atoms with Crippen LogP contribution in [0, 0.1) is 25.2 Å². The molecule has 4 N–H and O–H groups in total. The second-order valence-corrected chi connectivity index (χ2v) is 15.5. The van der Waals surface area contributed by atoms with Gasteiger partial charge in [-0.05, 0) is 103 Å². The molecule has 0 saturated carbocycles. The molecule has 9 rings (SSSR count). The van der Waals surface area contributed by atoms with Crippen molar-refractivity contribution >= 4 is 61.9 Å². The molecule has 0 unspecified atom stereocenters. The van der Waals surface area contributed by atoms with Gasteiger partial charge in [0.05, 0.1) is 35.5 Å². The zero-order valence-electron chi connectivity index (χ0n) is 32.8. The van der Waals surface area contributed by atoms with Crippen molar-refractivity contribution in [2.75, 3.05) is 20.7 Å². The largest absolute Gasteiger partial charge is 0.423 e. The van der Waals surface area contributed by atoms with Crippen molar-refractivity contribution < 1.29 is 21.7 Å². The van der Waals surface area contributed by atoms with Crippen LogP contribution in [0.3, 0.4) is 0 Å². The van der Waals surface area contributed by atoms with Gasteiger partial charge in [0.25, 0.3) is 18.0 Å². The van der Waals surface area contributed by atoms with Crippen LogP contribution in [0.5, 0.6) is 0 Å². The maximum absolute atomic E-state index is 12.5. The first kappa shape index (κ1) is 39.6. The Morgan fingerprint density at radius 1 is 0.623 bits per heavy atom. The van der Waals surface area contributed by atoms with Gasteiger partial charge >= 0.3 is 0 Å². The van der Waals surface area contributed by atoms with E-state index in [0.29, 0.717) is 46.5 Å². The van der Waals surface area contributed by atoms with E-state index in [-0.39, 0.29) is 5.75 Å². The van der Waals surface area contributed by atoms with Crippen molar-refractivity contribution in [3.63, 3.8) is 0 Å². The third-order valence-corrected chi connectivity index (χ3v) is 10.5. The lowest BCUT2D eigenvalue weighted by Crippen LogP contribution is -2.15. The van der Waals surface area contributed by atoms with Gasteiger partial charge in [0.1, 0.15) is 5.52 Å². The van der Waals surface area contributed by atoms with Crippen molar-refractivity contribution in [2.45, 2.75) is 19.6 Å². The lowest BCUT2D eigenvalue weighted by molar-refractivity contribution is 0.591. The molecule has 0 aliphatic carbocycles. The van der Waals surface area contributed by atoms with Crippen molar-refractivity contribution in [3.8, 4) is 28.7 Å². The standard InChI is InChI=1S/C24H17N5O2.C22H20N4O3S/c1-15-6-11-18(27-24-28-19-4-2-3-5-21(19)30-24)12-20(15)29-23-26-14-22(31-23)17-9-7-16(13-25)8-10-17;1-16-7-8-19(26-30(27,28)15-17-5-3-2-4-6-17)13-20(16)25-22-24-14-21(29-22)18-9-11-23-12-10-18/h2-12,14H,1H3,(H,26,29)(H,27,28);2-14,26H,15H2,1H3,(H,24,25). The highest BCUT2D eigenvalue weighted by atomic mass is 32.2. The number of anilines is 7. The van der Waals surface area contributed by atoms with Crippen LogP contribution >= 0.6 is 0 Å². The van der Waals surface area contributed by atoms with Gasteiger partial charge in [0.2, 0.25) is 10.0 Å². The number of aryl methyl sites for hydroxylation is 2. The van der Waals surface area contributed by atoms with E-state index in [4.69, 9.17) is 18.5 Å². The predicted molar refractivity (Wildman–Crippen MR) is 235 cm³/mol. The molecule has 61 heavy (non-hydrogen) atoms. The predicted octanol–water partition coefficient (Wildman–Crippen LogP) is 10.9. The molecular weight excluding hydrogens is 791 g/mol. The second-order valence-electron chi connectivity index (χ2n) is 13.8. The van der Waals surface area contributed by atoms with Gasteiger partial charge in [-0.3, -0.25) is 9.71 Å². The van der Waals surface area contributed by atoms with E-state index in [2.05, 4.69) is 46.7 Å². The number of aromatic nitrogens is 4. The van der Waals surface area contributed by atoms with E-state index in [0.717, 1.165) is 50.3 Å². The molecular formula is C46H37N9O5S. The van der Waals surface area contributed by atoms with Crippen molar-refractivity contribution in [1.29, 1.82) is 5.26 Å². The Morgan fingerprint density at radius 2 is 1.21 bits per heavy atom. The Hall–Kier alpha value is -8.22. The summed E-state index contributed by atoms with van der Waals surface area (Å²) in [5.74, 6) is 1.13. The van der Waals surface area contributed by atoms with E-state index in [1.54, 1.807) is 61.2 Å². The number of nitrogens with zero attached hydrogens (tertiary/aromatic N) is 5. The number of oxazole rings is 3. The topological polar surface area (TPSA) is 197 Å². The number of hydrogen-bond donors (Lipinski definition) is 4. The molecule has 4 aromatic heterocycles. The normalized spacial score (nSPS) is 11.0. The van der Waals surface area contributed by atoms with E-state index in [9.17, 15) is 8.42 Å². The van der Waals surface area contributed by atoms with Gasteiger partial charge < -0.3 is 29.2 Å². The second kappa shape index (κ2) is 17.7. The van der Waals surface area contributed by atoms with E-state index in [1.165, 1.54) is 0 Å². The molecule has 4 heterocycles. The monoisotopic (exact) mass is 827 g/mol. The molecule has 0 fully saturated rings. The number of hydrogen-bond acceptors (Lipinski definition) is 13. The number of nitrogens with one attached hydrogen (secondary N) is 4. The van der Waals surface area contributed by atoms with Crippen LogP contribution < -0.4 is 20.7 Å². The summed E-state index contributed by atoms with van der Waals surface area (Å²) in [7, 11) is -3.54. The van der Waals surface area contributed by atoms with Gasteiger partial charge in [-0.1, -0.05) is 54.6 Å². The number of para-hydroxylation sites is 2. The Morgan fingerprint density at radius 3 is 1.85 bits per heavy atom. The van der Waals surface area contributed by atoms with Crippen molar-refractivity contribution in [3.05, 3.63) is 174 Å². The van der Waals surface area contributed by atoms with Crippen LogP contribution in [0.2, 0.25) is 0 Å². The van der Waals surface area contributed by atoms with Crippen LogP contribution in [-0.4, -0.2) is 28.4 Å². The molecule has 0 aliphatic heterocycles. The lowest BCUT2D eigenvalue weighted by atomic mass is 10.1. The summed E-state index contributed by atoms with van der Waals surface area (Å²) in [6.45, 7) is 3.91. The summed E-state index contributed by atoms with van der Waals surface area (Å²) in [5.41, 5.74) is 9.32. The third-order valence-electron chi connectivity index (χ3n) is 9.25. The maximum Gasteiger partial charge on any atom is 0.300 e.